The molecule has 2 heterocycles. The molecule has 1 unspecified atom stereocenters. The zero-order chi connectivity index (χ0) is 16.4. The van der Waals surface area contributed by atoms with Crippen LogP contribution in [0.5, 0.6) is 5.75 Å². The van der Waals surface area contributed by atoms with E-state index in [0.29, 0.717) is 24.8 Å². The number of carboxylic acid groups (broad SMARTS) is 1. The molecule has 0 saturated carbocycles. The van der Waals surface area contributed by atoms with Gasteiger partial charge in [0.15, 0.2) is 0 Å². The lowest BCUT2D eigenvalue weighted by molar-refractivity contribution is 0.0696. The highest BCUT2D eigenvalue weighted by Gasteiger charge is 2.28. The SMILES string of the molecule is CC(C)C1COc2cc(C(=O)O)ccc2CN1c1ccncc1. The Morgan fingerprint density at radius 1 is 1.30 bits per heavy atom. The number of nitrogens with zero attached hydrogens (tertiary/aromatic N) is 2. The molecule has 0 bridgehead atoms. The summed E-state index contributed by atoms with van der Waals surface area (Å²) in [6.07, 6.45) is 3.57. The van der Waals surface area contributed by atoms with Crippen molar-refractivity contribution in [3.05, 3.63) is 53.9 Å². The van der Waals surface area contributed by atoms with Gasteiger partial charge in [-0.1, -0.05) is 19.9 Å². The second kappa shape index (κ2) is 6.28. The van der Waals surface area contributed by atoms with Gasteiger partial charge in [0.2, 0.25) is 0 Å². The molecule has 5 nitrogen and oxygen atoms in total. The van der Waals surface area contributed by atoms with Crippen LogP contribution < -0.4 is 9.64 Å². The second-order valence-corrected chi connectivity index (χ2v) is 6.08. The highest BCUT2D eigenvalue weighted by atomic mass is 16.5. The van der Waals surface area contributed by atoms with Crippen LogP contribution in [0.2, 0.25) is 0 Å². The van der Waals surface area contributed by atoms with Crippen molar-refractivity contribution < 1.29 is 14.6 Å². The molecule has 1 N–H and O–H groups in total. The van der Waals surface area contributed by atoms with Crippen molar-refractivity contribution in [1.82, 2.24) is 4.98 Å². The third-order valence-electron chi connectivity index (χ3n) is 4.23. The van der Waals surface area contributed by atoms with E-state index in [4.69, 9.17) is 9.84 Å². The molecular formula is C18H20N2O3. The van der Waals surface area contributed by atoms with Crippen LogP contribution in [0.1, 0.15) is 29.8 Å². The third-order valence-corrected chi connectivity index (χ3v) is 4.23. The topological polar surface area (TPSA) is 62.7 Å². The minimum atomic E-state index is -0.938. The Bertz CT molecular complexity index is 701. The van der Waals surface area contributed by atoms with Gasteiger partial charge in [0, 0.05) is 30.2 Å². The van der Waals surface area contributed by atoms with Crippen LogP contribution in [0, 0.1) is 5.92 Å². The van der Waals surface area contributed by atoms with Crippen LogP contribution in [0.15, 0.2) is 42.7 Å². The number of carboxylic acids is 1. The smallest absolute Gasteiger partial charge is 0.335 e. The van der Waals surface area contributed by atoms with Crippen molar-refractivity contribution in [3.8, 4) is 5.75 Å². The molecule has 0 amide bonds. The van der Waals surface area contributed by atoms with Gasteiger partial charge >= 0.3 is 5.97 Å². The van der Waals surface area contributed by atoms with Gasteiger partial charge in [-0.25, -0.2) is 4.79 Å². The van der Waals surface area contributed by atoms with Crippen molar-refractivity contribution in [2.75, 3.05) is 11.5 Å². The van der Waals surface area contributed by atoms with Crippen LogP contribution in [-0.2, 0) is 6.54 Å². The number of carbonyl (C=O) groups is 1. The van der Waals surface area contributed by atoms with E-state index in [9.17, 15) is 4.79 Å². The molecule has 1 aliphatic heterocycles. The Labute approximate surface area is 135 Å². The predicted octanol–water partition coefficient (Wildman–Crippen LogP) is 3.20. The number of aromatic nitrogens is 1. The first-order chi connectivity index (χ1) is 11.1. The highest BCUT2D eigenvalue weighted by molar-refractivity contribution is 5.88. The summed E-state index contributed by atoms with van der Waals surface area (Å²) in [5.74, 6) is 0.121. The molecule has 0 aliphatic carbocycles. The summed E-state index contributed by atoms with van der Waals surface area (Å²) in [5.41, 5.74) is 2.34. The number of fused-ring (bicyclic) bond motifs is 1. The van der Waals surface area contributed by atoms with Crippen molar-refractivity contribution in [3.63, 3.8) is 0 Å². The predicted molar refractivity (Wildman–Crippen MR) is 87.9 cm³/mol. The molecule has 1 aromatic heterocycles. The summed E-state index contributed by atoms with van der Waals surface area (Å²) in [5, 5.41) is 9.15. The molecule has 0 radical (unpaired) electrons. The van der Waals surface area contributed by atoms with Crippen molar-refractivity contribution in [2.24, 2.45) is 5.92 Å². The second-order valence-electron chi connectivity index (χ2n) is 6.08. The first kappa shape index (κ1) is 15.3. The highest BCUT2D eigenvalue weighted by Crippen LogP contribution is 2.31. The Morgan fingerprint density at radius 3 is 2.70 bits per heavy atom. The van der Waals surface area contributed by atoms with Gasteiger partial charge in [0.25, 0.3) is 0 Å². The summed E-state index contributed by atoms with van der Waals surface area (Å²) < 4.78 is 5.94. The average molecular weight is 312 g/mol. The summed E-state index contributed by atoms with van der Waals surface area (Å²) in [7, 11) is 0. The van der Waals surface area contributed by atoms with E-state index in [-0.39, 0.29) is 11.6 Å². The summed E-state index contributed by atoms with van der Waals surface area (Å²) in [6, 6.07) is 9.28. The van der Waals surface area contributed by atoms with Gasteiger partial charge in [-0.2, -0.15) is 0 Å². The van der Waals surface area contributed by atoms with E-state index in [1.807, 2.05) is 18.2 Å². The lowest BCUT2D eigenvalue weighted by atomic mass is 10.0. The van der Waals surface area contributed by atoms with Gasteiger partial charge in [-0.05, 0) is 30.2 Å². The van der Waals surface area contributed by atoms with Crippen LogP contribution in [0.3, 0.4) is 0 Å². The van der Waals surface area contributed by atoms with Gasteiger partial charge in [-0.3, -0.25) is 4.98 Å². The molecule has 1 aromatic carbocycles. The molecule has 1 aliphatic rings. The monoisotopic (exact) mass is 312 g/mol. The van der Waals surface area contributed by atoms with Gasteiger partial charge < -0.3 is 14.7 Å². The van der Waals surface area contributed by atoms with E-state index in [2.05, 4.69) is 23.7 Å². The maximum absolute atomic E-state index is 11.2. The van der Waals surface area contributed by atoms with E-state index >= 15 is 0 Å². The molecule has 2 aromatic rings. The molecule has 3 rings (SSSR count). The van der Waals surface area contributed by atoms with E-state index < -0.39 is 5.97 Å². The zero-order valence-electron chi connectivity index (χ0n) is 13.3. The quantitative estimate of drug-likeness (QED) is 0.943. The molecular weight excluding hydrogens is 292 g/mol. The van der Waals surface area contributed by atoms with E-state index in [1.165, 1.54) is 0 Å². The molecule has 0 saturated heterocycles. The first-order valence-corrected chi connectivity index (χ1v) is 7.72. The van der Waals surface area contributed by atoms with Crippen LogP contribution in [0.4, 0.5) is 5.69 Å². The number of hydrogen-bond donors (Lipinski definition) is 1. The number of benzene rings is 1. The largest absolute Gasteiger partial charge is 0.491 e. The Balaban J connectivity index is 1.99. The number of pyridine rings is 1. The maximum atomic E-state index is 11.2. The standard InChI is InChI=1S/C18H20N2O3/c1-12(2)16-11-23-17-9-13(18(21)22)3-4-14(17)10-20(16)15-5-7-19-8-6-15/h3-9,12,16H,10-11H2,1-2H3,(H,21,22). The minimum absolute atomic E-state index is 0.207. The Hall–Kier alpha value is -2.56. The summed E-state index contributed by atoms with van der Waals surface area (Å²) in [6.45, 7) is 5.54. The molecule has 0 spiro atoms. The number of ether oxygens (including phenoxy) is 1. The number of hydrogen-bond acceptors (Lipinski definition) is 4. The Kier molecular flexibility index (Phi) is 4.19. The van der Waals surface area contributed by atoms with Crippen LogP contribution in [0.25, 0.3) is 0 Å². The normalized spacial score (nSPS) is 17.3. The van der Waals surface area contributed by atoms with Crippen molar-refractivity contribution in [1.29, 1.82) is 0 Å². The molecule has 23 heavy (non-hydrogen) atoms. The van der Waals surface area contributed by atoms with Gasteiger partial charge in [0.05, 0.1) is 11.6 Å². The molecule has 1 atom stereocenters. The number of rotatable bonds is 3. The number of anilines is 1. The lowest BCUT2D eigenvalue weighted by Gasteiger charge is -2.33. The van der Waals surface area contributed by atoms with E-state index in [1.54, 1.807) is 24.5 Å². The van der Waals surface area contributed by atoms with Gasteiger partial charge in [-0.15, -0.1) is 0 Å². The maximum Gasteiger partial charge on any atom is 0.335 e. The van der Waals surface area contributed by atoms with Gasteiger partial charge in [0.1, 0.15) is 12.4 Å². The van der Waals surface area contributed by atoms with Crippen molar-refractivity contribution in [2.45, 2.75) is 26.4 Å². The average Bonchev–Trinajstić information content (AvgIpc) is 2.74. The number of aromatic carboxylic acids is 1. The fourth-order valence-electron chi connectivity index (χ4n) is 2.89. The fourth-order valence-corrected chi connectivity index (χ4v) is 2.89. The van der Waals surface area contributed by atoms with Crippen LogP contribution in [-0.4, -0.2) is 28.7 Å². The van der Waals surface area contributed by atoms with Crippen LogP contribution >= 0.6 is 0 Å². The zero-order valence-corrected chi connectivity index (χ0v) is 13.3. The van der Waals surface area contributed by atoms with E-state index in [0.717, 1.165) is 11.3 Å². The summed E-state index contributed by atoms with van der Waals surface area (Å²) in [4.78, 5) is 17.5. The summed E-state index contributed by atoms with van der Waals surface area (Å²) >= 11 is 0. The lowest BCUT2D eigenvalue weighted by Crippen LogP contribution is -2.41. The minimum Gasteiger partial charge on any atom is -0.491 e. The first-order valence-electron chi connectivity index (χ1n) is 7.72. The third kappa shape index (κ3) is 3.13. The Morgan fingerprint density at radius 2 is 2.04 bits per heavy atom. The fraction of sp³-hybridized carbons (Fsp3) is 0.333. The molecule has 120 valence electrons. The molecule has 5 heteroatoms. The molecule has 0 fully saturated rings. The van der Waals surface area contributed by atoms with Crippen molar-refractivity contribution >= 4 is 11.7 Å².